The molecular formula is C11H13FN2O6S. The third-order valence-corrected chi connectivity index (χ3v) is 4.07. The van der Waals surface area contributed by atoms with Crippen LogP contribution in [0.15, 0.2) is 23.1 Å². The van der Waals surface area contributed by atoms with E-state index in [0.717, 1.165) is 6.07 Å². The number of benzene rings is 1. The van der Waals surface area contributed by atoms with Crippen LogP contribution in [0.25, 0.3) is 0 Å². The maximum atomic E-state index is 13.2. The zero-order chi connectivity index (χ0) is 16.2. The monoisotopic (exact) mass is 320 g/mol. The van der Waals surface area contributed by atoms with E-state index in [1.54, 1.807) is 6.92 Å². The molecule has 21 heavy (non-hydrogen) atoms. The first kappa shape index (κ1) is 17.0. The predicted octanol–water partition coefficient (Wildman–Crippen LogP) is 1.27. The average Bonchev–Trinajstić information content (AvgIpc) is 2.37. The number of carboxylic acids is 1. The first-order chi connectivity index (χ1) is 9.69. The van der Waals surface area contributed by atoms with E-state index < -0.39 is 43.4 Å². The smallest absolute Gasteiger partial charge is 0.321 e. The molecule has 116 valence electrons. The molecule has 10 heteroatoms. The van der Waals surface area contributed by atoms with Crippen LogP contribution in [0.5, 0.6) is 0 Å². The van der Waals surface area contributed by atoms with Gasteiger partial charge in [0.1, 0.15) is 6.04 Å². The average molecular weight is 320 g/mol. The van der Waals surface area contributed by atoms with Crippen molar-refractivity contribution in [2.24, 2.45) is 0 Å². The quantitative estimate of drug-likeness (QED) is 0.575. The number of rotatable bonds is 7. The molecule has 1 rings (SSSR count). The topological polar surface area (TPSA) is 127 Å². The minimum atomic E-state index is -4.30. The second-order valence-electron chi connectivity index (χ2n) is 4.17. The molecule has 0 saturated heterocycles. The van der Waals surface area contributed by atoms with Gasteiger partial charge in [-0.05, 0) is 18.6 Å². The lowest BCUT2D eigenvalue weighted by molar-refractivity contribution is -0.387. The van der Waals surface area contributed by atoms with Gasteiger partial charge in [-0.25, -0.2) is 8.42 Å². The summed E-state index contributed by atoms with van der Waals surface area (Å²) in [5.41, 5.74) is -1.000. The number of nitro groups is 1. The number of hydrogen-bond acceptors (Lipinski definition) is 5. The van der Waals surface area contributed by atoms with Crippen LogP contribution in [0, 0.1) is 15.9 Å². The van der Waals surface area contributed by atoms with Crippen LogP contribution in [0.3, 0.4) is 0 Å². The summed E-state index contributed by atoms with van der Waals surface area (Å²) < 4.78 is 39.1. The van der Waals surface area contributed by atoms with Crippen LogP contribution >= 0.6 is 0 Å². The molecular weight excluding hydrogens is 307 g/mol. The number of carbonyl (C=O) groups is 1. The molecule has 0 unspecified atom stereocenters. The van der Waals surface area contributed by atoms with Crippen molar-refractivity contribution in [1.82, 2.24) is 4.72 Å². The summed E-state index contributed by atoms with van der Waals surface area (Å²) >= 11 is 0. The molecule has 0 aliphatic heterocycles. The lowest BCUT2D eigenvalue weighted by Gasteiger charge is -2.13. The van der Waals surface area contributed by atoms with Crippen LogP contribution in [-0.4, -0.2) is 30.5 Å². The molecule has 0 aromatic heterocycles. The van der Waals surface area contributed by atoms with Crippen molar-refractivity contribution in [2.45, 2.75) is 30.7 Å². The molecule has 0 radical (unpaired) electrons. The lowest BCUT2D eigenvalue weighted by atomic mass is 10.2. The van der Waals surface area contributed by atoms with E-state index in [-0.39, 0.29) is 6.42 Å². The van der Waals surface area contributed by atoms with Gasteiger partial charge in [0.2, 0.25) is 15.8 Å². The number of nitrogens with zero attached hydrogens (tertiary/aromatic N) is 1. The molecule has 0 spiro atoms. The van der Waals surface area contributed by atoms with E-state index in [4.69, 9.17) is 5.11 Å². The van der Waals surface area contributed by atoms with Crippen LogP contribution < -0.4 is 4.72 Å². The zero-order valence-corrected chi connectivity index (χ0v) is 11.8. The number of nitrogens with one attached hydrogen (secondary N) is 1. The second kappa shape index (κ2) is 6.59. The summed E-state index contributed by atoms with van der Waals surface area (Å²) in [6.07, 6.45) is 0.473. The van der Waals surface area contributed by atoms with Gasteiger partial charge >= 0.3 is 11.7 Å². The third-order valence-electron chi connectivity index (χ3n) is 2.60. The number of halogens is 1. The molecule has 0 heterocycles. The molecule has 0 fully saturated rings. The van der Waals surface area contributed by atoms with Gasteiger partial charge in [0.15, 0.2) is 0 Å². The van der Waals surface area contributed by atoms with Crippen LogP contribution in [0.4, 0.5) is 10.1 Å². The molecule has 1 aromatic carbocycles. The summed E-state index contributed by atoms with van der Waals surface area (Å²) in [7, 11) is -4.30. The molecule has 0 saturated carbocycles. The molecule has 0 aliphatic rings. The van der Waals surface area contributed by atoms with E-state index in [1.807, 2.05) is 4.72 Å². The first-order valence-corrected chi connectivity index (χ1v) is 7.36. The summed E-state index contributed by atoms with van der Waals surface area (Å²) in [5, 5.41) is 19.5. The van der Waals surface area contributed by atoms with Crippen LogP contribution in [0.2, 0.25) is 0 Å². The van der Waals surface area contributed by atoms with Gasteiger partial charge < -0.3 is 5.11 Å². The van der Waals surface area contributed by atoms with Gasteiger partial charge in [0.25, 0.3) is 0 Å². The Labute approximate surface area is 119 Å². The first-order valence-electron chi connectivity index (χ1n) is 5.88. The van der Waals surface area contributed by atoms with Crippen molar-refractivity contribution in [3.63, 3.8) is 0 Å². The Balaban J connectivity index is 3.16. The molecule has 0 bridgehead atoms. The predicted molar refractivity (Wildman–Crippen MR) is 69.7 cm³/mol. The highest BCUT2D eigenvalue weighted by Gasteiger charge is 2.27. The van der Waals surface area contributed by atoms with Gasteiger partial charge in [0.05, 0.1) is 9.82 Å². The Morgan fingerprint density at radius 3 is 2.62 bits per heavy atom. The minimum Gasteiger partial charge on any atom is -0.480 e. The normalized spacial score (nSPS) is 12.9. The molecule has 8 nitrogen and oxygen atoms in total. The van der Waals surface area contributed by atoms with Crippen molar-refractivity contribution < 1.29 is 27.6 Å². The third kappa shape index (κ3) is 4.20. The second-order valence-corrected chi connectivity index (χ2v) is 5.89. The zero-order valence-electron chi connectivity index (χ0n) is 10.9. The van der Waals surface area contributed by atoms with Crippen LogP contribution in [-0.2, 0) is 14.8 Å². The highest BCUT2D eigenvalue weighted by Crippen LogP contribution is 2.21. The van der Waals surface area contributed by atoms with E-state index in [1.165, 1.54) is 0 Å². The highest BCUT2D eigenvalue weighted by molar-refractivity contribution is 7.89. The summed E-state index contributed by atoms with van der Waals surface area (Å²) in [4.78, 5) is 19.9. The van der Waals surface area contributed by atoms with Gasteiger partial charge in [-0.15, -0.1) is 0 Å². The minimum absolute atomic E-state index is 0.0534. The van der Waals surface area contributed by atoms with Gasteiger partial charge in [-0.1, -0.05) is 13.3 Å². The maximum Gasteiger partial charge on any atom is 0.321 e. The Kier molecular flexibility index (Phi) is 5.33. The fourth-order valence-corrected chi connectivity index (χ4v) is 2.82. The number of nitro benzene ring substituents is 1. The standard InChI is InChI=1S/C11H13FN2O6S/c1-2-3-9(11(15)16)13-21(19,20)7-4-5-8(12)10(6-7)14(17)18/h4-6,9,13H,2-3H2,1H3,(H,15,16)/t9-/m1/s1. The summed E-state index contributed by atoms with van der Waals surface area (Å²) in [5.74, 6) is -2.54. The Morgan fingerprint density at radius 2 is 2.14 bits per heavy atom. The molecule has 0 amide bonds. The molecule has 2 N–H and O–H groups in total. The summed E-state index contributed by atoms with van der Waals surface area (Å²) in [6.45, 7) is 1.67. The van der Waals surface area contributed by atoms with Crippen LogP contribution in [0.1, 0.15) is 19.8 Å². The fourth-order valence-electron chi connectivity index (χ4n) is 1.58. The maximum absolute atomic E-state index is 13.2. The largest absolute Gasteiger partial charge is 0.480 e. The van der Waals surface area contributed by atoms with E-state index in [9.17, 15) is 27.7 Å². The number of carboxylic acid groups (broad SMARTS) is 1. The van der Waals surface area contributed by atoms with Crippen molar-refractivity contribution >= 4 is 21.7 Å². The Bertz CT molecular complexity index is 661. The highest BCUT2D eigenvalue weighted by atomic mass is 32.2. The molecule has 1 atom stereocenters. The molecule has 0 aliphatic carbocycles. The number of hydrogen-bond donors (Lipinski definition) is 2. The Hall–Kier alpha value is -2.07. The molecule has 1 aromatic rings. The van der Waals surface area contributed by atoms with Crippen molar-refractivity contribution in [3.8, 4) is 0 Å². The van der Waals surface area contributed by atoms with E-state index >= 15 is 0 Å². The Morgan fingerprint density at radius 1 is 1.52 bits per heavy atom. The van der Waals surface area contributed by atoms with E-state index in [0.29, 0.717) is 18.6 Å². The number of sulfonamides is 1. The van der Waals surface area contributed by atoms with Gasteiger partial charge in [0, 0.05) is 6.07 Å². The lowest BCUT2D eigenvalue weighted by Crippen LogP contribution is -2.40. The summed E-state index contributed by atoms with van der Waals surface area (Å²) in [6, 6.07) is 0.657. The van der Waals surface area contributed by atoms with Crippen molar-refractivity contribution in [3.05, 3.63) is 34.1 Å². The SMILES string of the molecule is CCC[C@@H](NS(=O)(=O)c1ccc(F)c([N+](=O)[O-])c1)C(=O)O. The van der Waals surface area contributed by atoms with E-state index in [2.05, 4.69) is 0 Å². The fraction of sp³-hybridized carbons (Fsp3) is 0.364. The van der Waals surface area contributed by atoms with Gasteiger partial charge in [-0.3, -0.25) is 14.9 Å². The van der Waals surface area contributed by atoms with Crippen molar-refractivity contribution in [2.75, 3.05) is 0 Å². The van der Waals surface area contributed by atoms with Crippen molar-refractivity contribution in [1.29, 1.82) is 0 Å². The van der Waals surface area contributed by atoms with Gasteiger partial charge in [-0.2, -0.15) is 9.11 Å². The number of aliphatic carboxylic acids is 1.